The molecule has 1 rings (SSSR count). The summed E-state index contributed by atoms with van der Waals surface area (Å²) in [4.78, 5) is 11.8. The van der Waals surface area contributed by atoms with Gasteiger partial charge < -0.3 is 20.6 Å². The van der Waals surface area contributed by atoms with Crippen LogP contribution in [0.25, 0.3) is 0 Å². The van der Waals surface area contributed by atoms with E-state index in [0.29, 0.717) is 0 Å². The average molecular weight is 239 g/mol. The fourth-order valence-corrected chi connectivity index (χ4v) is 1.29. The molecule has 5 heteroatoms. The molecule has 0 radical (unpaired) electrons. The number of aliphatic hydroxyl groups excluding tert-OH is 1. The summed E-state index contributed by atoms with van der Waals surface area (Å²) in [5.74, 6) is -0.843. The smallest absolute Gasteiger partial charge is 0.255 e. The lowest BCUT2D eigenvalue weighted by Gasteiger charge is -2.19. The number of phenolic OH excluding ortho intramolecular Hbond substituents is 2. The molecule has 0 spiro atoms. The van der Waals surface area contributed by atoms with Gasteiger partial charge in [0.2, 0.25) is 0 Å². The van der Waals surface area contributed by atoms with Crippen molar-refractivity contribution in [1.82, 2.24) is 5.32 Å². The topological polar surface area (TPSA) is 89.8 Å². The maximum atomic E-state index is 11.8. The first kappa shape index (κ1) is 13.3. The van der Waals surface area contributed by atoms with Crippen LogP contribution in [-0.4, -0.2) is 33.9 Å². The van der Waals surface area contributed by atoms with E-state index in [1.54, 1.807) is 13.8 Å². The second kappa shape index (κ2) is 5.54. The van der Waals surface area contributed by atoms with Crippen LogP contribution in [0, 0.1) is 5.92 Å². The van der Waals surface area contributed by atoms with Crippen LogP contribution in [0.4, 0.5) is 0 Å². The van der Waals surface area contributed by atoms with Crippen molar-refractivity contribution in [2.24, 2.45) is 5.92 Å². The van der Waals surface area contributed by atoms with Gasteiger partial charge in [-0.15, -0.1) is 0 Å². The van der Waals surface area contributed by atoms with Gasteiger partial charge in [-0.2, -0.15) is 0 Å². The number of carbonyl (C=O) groups is 1. The molecular formula is C12H17NO4. The van der Waals surface area contributed by atoms with E-state index in [4.69, 9.17) is 5.11 Å². The highest BCUT2D eigenvalue weighted by molar-refractivity contribution is 5.97. The molecule has 1 aromatic rings. The lowest BCUT2D eigenvalue weighted by atomic mass is 10.0. The number of hydrogen-bond donors (Lipinski definition) is 4. The molecule has 1 aromatic carbocycles. The number of phenols is 2. The highest BCUT2D eigenvalue weighted by Crippen LogP contribution is 2.22. The van der Waals surface area contributed by atoms with Crippen molar-refractivity contribution in [3.05, 3.63) is 23.8 Å². The number of rotatable bonds is 4. The Labute approximate surface area is 99.7 Å². The zero-order valence-electron chi connectivity index (χ0n) is 9.84. The van der Waals surface area contributed by atoms with Gasteiger partial charge >= 0.3 is 0 Å². The lowest BCUT2D eigenvalue weighted by molar-refractivity contribution is 0.0913. The summed E-state index contributed by atoms with van der Waals surface area (Å²) in [7, 11) is 0. The van der Waals surface area contributed by atoms with E-state index in [9.17, 15) is 15.0 Å². The Bertz CT molecular complexity index is 405. The Morgan fingerprint density at radius 1 is 1.35 bits per heavy atom. The van der Waals surface area contributed by atoms with Crippen LogP contribution in [-0.2, 0) is 0 Å². The Morgan fingerprint density at radius 3 is 2.59 bits per heavy atom. The first-order valence-electron chi connectivity index (χ1n) is 5.39. The van der Waals surface area contributed by atoms with E-state index in [1.807, 2.05) is 0 Å². The van der Waals surface area contributed by atoms with E-state index in [1.165, 1.54) is 18.2 Å². The van der Waals surface area contributed by atoms with E-state index < -0.39 is 5.91 Å². The van der Waals surface area contributed by atoms with Gasteiger partial charge in [0.15, 0.2) is 0 Å². The van der Waals surface area contributed by atoms with Crippen molar-refractivity contribution in [3.63, 3.8) is 0 Å². The second-order valence-corrected chi connectivity index (χ2v) is 4.12. The Kier molecular flexibility index (Phi) is 4.34. The maximum absolute atomic E-state index is 11.8. The molecule has 94 valence electrons. The van der Waals surface area contributed by atoms with Gasteiger partial charge in [-0.05, 0) is 31.0 Å². The van der Waals surface area contributed by atoms with Gasteiger partial charge in [0.25, 0.3) is 5.91 Å². The van der Waals surface area contributed by atoms with Crippen molar-refractivity contribution in [2.45, 2.75) is 19.9 Å². The zero-order valence-corrected chi connectivity index (χ0v) is 9.84. The molecule has 0 saturated heterocycles. The minimum atomic E-state index is -0.480. The minimum absolute atomic E-state index is 0.0157. The summed E-state index contributed by atoms with van der Waals surface area (Å²) < 4.78 is 0. The van der Waals surface area contributed by atoms with Crippen molar-refractivity contribution in [2.75, 3.05) is 6.61 Å². The largest absolute Gasteiger partial charge is 0.508 e. The molecule has 0 bridgehead atoms. The highest BCUT2D eigenvalue weighted by Gasteiger charge is 2.17. The van der Waals surface area contributed by atoms with Crippen molar-refractivity contribution in [1.29, 1.82) is 0 Å². The molecule has 0 aliphatic heterocycles. The van der Waals surface area contributed by atoms with Gasteiger partial charge in [0.05, 0.1) is 5.56 Å². The molecule has 0 aliphatic carbocycles. The number of carbonyl (C=O) groups excluding carboxylic acids is 1. The number of hydrogen-bond acceptors (Lipinski definition) is 4. The van der Waals surface area contributed by atoms with Gasteiger partial charge in [-0.1, -0.05) is 6.92 Å². The molecular weight excluding hydrogens is 222 g/mol. The summed E-state index contributed by atoms with van der Waals surface area (Å²) in [5, 5.41) is 30.3. The fourth-order valence-electron chi connectivity index (χ4n) is 1.29. The van der Waals surface area contributed by atoms with Crippen molar-refractivity contribution in [3.8, 4) is 11.5 Å². The van der Waals surface area contributed by atoms with E-state index in [0.717, 1.165) is 0 Å². The molecule has 17 heavy (non-hydrogen) atoms. The van der Waals surface area contributed by atoms with Crippen LogP contribution in [0.15, 0.2) is 18.2 Å². The Balaban J connectivity index is 2.79. The molecule has 4 N–H and O–H groups in total. The molecule has 0 saturated carbocycles. The molecule has 2 unspecified atom stereocenters. The van der Waals surface area contributed by atoms with Crippen LogP contribution in [0.1, 0.15) is 24.2 Å². The summed E-state index contributed by atoms with van der Waals surface area (Å²) in [6, 6.07) is 3.52. The summed E-state index contributed by atoms with van der Waals surface area (Å²) in [6.45, 7) is 3.53. The first-order valence-corrected chi connectivity index (χ1v) is 5.39. The fraction of sp³-hybridized carbons (Fsp3) is 0.417. The quantitative estimate of drug-likeness (QED) is 0.586. The summed E-state index contributed by atoms with van der Waals surface area (Å²) in [5.41, 5.74) is 0.0157. The Hall–Kier alpha value is -1.75. The van der Waals surface area contributed by atoms with Crippen LogP contribution >= 0.6 is 0 Å². The van der Waals surface area contributed by atoms with E-state index in [-0.39, 0.29) is 35.6 Å². The molecule has 0 aliphatic rings. The number of aromatic hydroxyl groups is 2. The maximum Gasteiger partial charge on any atom is 0.255 e. The molecule has 0 fully saturated rings. The number of benzene rings is 1. The van der Waals surface area contributed by atoms with Crippen LogP contribution in [0.2, 0.25) is 0 Å². The minimum Gasteiger partial charge on any atom is -0.508 e. The van der Waals surface area contributed by atoms with E-state index >= 15 is 0 Å². The third-order valence-electron chi connectivity index (χ3n) is 2.73. The van der Waals surface area contributed by atoms with Gasteiger partial charge in [-0.3, -0.25) is 4.79 Å². The monoisotopic (exact) mass is 239 g/mol. The standard InChI is InChI=1S/C12H17NO4/c1-7(6-14)8(2)13-12(17)10-5-9(15)3-4-11(10)16/h3-5,7-8,14-16H,6H2,1-2H3,(H,13,17). The number of amides is 1. The SMILES string of the molecule is CC(CO)C(C)NC(=O)c1cc(O)ccc1O. The molecule has 0 aromatic heterocycles. The second-order valence-electron chi connectivity index (χ2n) is 4.12. The third kappa shape index (κ3) is 3.35. The number of aliphatic hydroxyl groups is 1. The summed E-state index contributed by atoms with van der Waals surface area (Å²) in [6.07, 6.45) is 0. The predicted molar refractivity (Wildman–Crippen MR) is 62.9 cm³/mol. The van der Waals surface area contributed by atoms with Gasteiger partial charge in [-0.25, -0.2) is 0 Å². The predicted octanol–water partition coefficient (Wildman–Crippen LogP) is 0.845. The molecule has 5 nitrogen and oxygen atoms in total. The van der Waals surface area contributed by atoms with Crippen molar-refractivity contribution >= 4 is 5.91 Å². The van der Waals surface area contributed by atoms with Gasteiger partial charge in [0, 0.05) is 12.6 Å². The van der Waals surface area contributed by atoms with Crippen LogP contribution < -0.4 is 5.32 Å². The average Bonchev–Trinajstić information content (AvgIpc) is 2.30. The molecule has 1 amide bonds. The highest BCUT2D eigenvalue weighted by atomic mass is 16.3. The molecule has 2 atom stereocenters. The zero-order chi connectivity index (χ0) is 13.0. The Morgan fingerprint density at radius 2 is 2.00 bits per heavy atom. The summed E-state index contributed by atoms with van der Waals surface area (Å²) >= 11 is 0. The van der Waals surface area contributed by atoms with Crippen molar-refractivity contribution < 1.29 is 20.1 Å². The van der Waals surface area contributed by atoms with Crippen LogP contribution in [0.5, 0.6) is 11.5 Å². The first-order chi connectivity index (χ1) is 7.95. The van der Waals surface area contributed by atoms with Gasteiger partial charge in [0.1, 0.15) is 11.5 Å². The van der Waals surface area contributed by atoms with E-state index in [2.05, 4.69) is 5.32 Å². The normalized spacial score (nSPS) is 14.1. The number of nitrogens with one attached hydrogen (secondary N) is 1. The lowest BCUT2D eigenvalue weighted by Crippen LogP contribution is -2.38. The third-order valence-corrected chi connectivity index (χ3v) is 2.73. The molecule has 0 heterocycles. The van der Waals surface area contributed by atoms with Crippen LogP contribution in [0.3, 0.4) is 0 Å².